The predicted molar refractivity (Wildman–Crippen MR) is 380 cm³/mol. The Morgan fingerprint density at radius 2 is 1.37 bits per heavy atom. The fourth-order valence-electron chi connectivity index (χ4n) is 13.2. The molecule has 0 saturated carbocycles. The predicted octanol–water partition coefficient (Wildman–Crippen LogP) is 6.26. The number of carbonyl (C=O) groups excluding carboxylic acids is 10. The molecule has 1 aromatic heterocycles. The Bertz CT molecular complexity index is 3260. The standard InChI is InChI=1S/C73H113N13O14/c1-17-45(8)68(85(14)73(96)53(43(4)5)39-62(89)67(44(6)7)84(12)13)63(97-15)41-66(92)86-30-20-21-59(86)69(98-16)47(10)71(94)79-52(42-77-83-75)36-49-22-24-50(25-23-49)37-61(88)58(40-64(74)90)82-70(93)46(9)35-60(87)48(11)78-65(91)28-31-99-33-34-100-32-29-76-72(95)51-26-27-56-57(38-51)81-55(19-3)54(18-2)80-56/h22-27,38,43-48,52-53,58-59,63,67-69H,17-21,28-37,39-42H2,1-16H3,(H2,74,90)(H,76,95)(H,78,91)(H,79,94)(H,82,93)/t45-,46+,47+,48-,52-,53-,58-,59-,63+,67-,68-,69+/m0/s1. The van der Waals surface area contributed by atoms with Crippen LogP contribution in [0.2, 0.25) is 0 Å². The Morgan fingerprint density at radius 3 is 1.95 bits per heavy atom. The number of ether oxygens (including phenoxy) is 4. The van der Waals surface area contributed by atoms with Crippen LogP contribution in [0.1, 0.15) is 160 Å². The summed E-state index contributed by atoms with van der Waals surface area (Å²) >= 11 is 0. The van der Waals surface area contributed by atoms with Crippen molar-refractivity contribution in [3.05, 3.63) is 81.0 Å². The van der Waals surface area contributed by atoms with E-state index in [-0.39, 0.29) is 125 Å². The summed E-state index contributed by atoms with van der Waals surface area (Å²) in [5.41, 5.74) is 19.8. The number of likely N-dealkylation sites (N-methyl/N-ethyl adjacent to an activating group) is 2. The second-order valence-corrected chi connectivity index (χ2v) is 27.4. The van der Waals surface area contributed by atoms with E-state index in [0.29, 0.717) is 48.0 Å². The van der Waals surface area contributed by atoms with Crippen molar-refractivity contribution in [1.82, 2.24) is 45.9 Å². The number of carbonyl (C=O) groups is 10. The molecule has 100 heavy (non-hydrogen) atoms. The van der Waals surface area contributed by atoms with Crippen molar-refractivity contribution in [2.75, 3.05) is 81.4 Å². The van der Waals surface area contributed by atoms with Crippen LogP contribution in [0.25, 0.3) is 21.5 Å². The SMILES string of the molecule is CCc1nc2ccc(C(=O)NCCOCCOCCC(=O)N[C@@H](C)C(=O)C[C@@H](C)C(=O)N[C@@H](CC(N)=O)C(=O)Cc3ccc(C[C@@H](CN=[N+]=[N-])NC(=O)[C@H](C)[C@@H](OC)[C@@H]4CCCN4C(=O)C[C@@H](OC)[C@H]([C@@H](C)CC)N(C)C(=O)[C@@H](CC(=O)[C@H](C(C)C)N(C)C)C(C)C)cc3)cc2nc1CC. The Hall–Kier alpha value is -7.81. The number of rotatable bonds is 46. The third-order valence-corrected chi connectivity index (χ3v) is 19.0. The van der Waals surface area contributed by atoms with Crippen LogP contribution in [0.5, 0.6) is 0 Å². The quantitative estimate of drug-likeness (QED) is 0.0180. The number of nitrogens with zero attached hydrogens (tertiary/aromatic N) is 8. The van der Waals surface area contributed by atoms with E-state index < -0.39 is 102 Å². The molecule has 1 fully saturated rings. The molecule has 7 amide bonds. The summed E-state index contributed by atoms with van der Waals surface area (Å²) in [5.74, 6) is -6.45. The Balaban J connectivity index is 1.26. The number of aryl methyl sites for hydroxylation is 2. The zero-order valence-electron chi connectivity index (χ0n) is 61.9. The van der Waals surface area contributed by atoms with E-state index in [0.717, 1.165) is 29.7 Å². The van der Waals surface area contributed by atoms with Gasteiger partial charge in [0.05, 0.1) is 110 Å². The average Bonchev–Trinajstić information content (AvgIpc) is 1.36. The topological polar surface area (TPSA) is 366 Å². The summed E-state index contributed by atoms with van der Waals surface area (Å²) in [4.78, 5) is 153. The molecule has 12 atom stereocenters. The van der Waals surface area contributed by atoms with Crippen molar-refractivity contribution in [3.63, 3.8) is 0 Å². The lowest BCUT2D eigenvalue weighted by Gasteiger charge is -2.41. The fraction of sp³-hybridized carbons (Fsp3) is 0.671. The molecule has 2 heterocycles. The molecular weight excluding hydrogens is 1280 g/mol. The van der Waals surface area contributed by atoms with Gasteiger partial charge in [-0.25, -0.2) is 9.97 Å². The summed E-state index contributed by atoms with van der Waals surface area (Å²) in [6, 6.07) is 7.81. The molecule has 0 spiro atoms. The maximum absolute atomic E-state index is 14.5. The van der Waals surface area contributed by atoms with Gasteiger partial charge in [0.25, 0.3) is 5.91 Å². The highest BCUT2D eigenvalue weighted by Crippen LogP contribution is 2.32. The van der Waals surface area contributed by atoms with Crippen LogP contribution in [0, 0.1) is 35.5 Å². The van der Waals surface area contributed by atoms with Crippen molar-refractivity contribution in [2.24, 2.45) is 46.4 Å². The van der Waals surface area contributed by atoms with E-state index in [4.69, 9.17) is 29.7 Å². The number of amides is 7. The van der Waals surface area contributed by atoms with E-state index in [1.807, 2.05) is 74.4 Å². The average molecular weight is 1400 g/mol. The molecule has 0 unspecified atom stereocenters. The highest BCUT2D eigenvalue weighted by molar-refractivity contribution is 5.98. The van der Waals surface area contributed by atoms with Gasteiger partial charge in [-0.1, -0.05) is 105 Å². The van der Waals surface area contributed by atoms with Crippen molar-refractivity contribution in [3.8, 4) is 0 Å². The first-order valence-electron chi connectivity index (χ1n) is 35.3. The second-order valence-electron chi connectivity index (χ2n) is 27.4. The molecule has 1 saturated heterocycles. The zero-order valence-corrected chi connectivity index (χ0v) is 61.9. The number of hydrogen-bond donors (Lipinski definition) is 5. The largest absolute Gasteiger partial charge is 0.379 e. The van der Waals surface area contributed by atoms with E-state index >= 15 is 0 Å². The van der Waals surface area contributed by atoms with Gasteiger partial charge in [0.15, 0.2) is 17.3 Å². The molecule has 1 aliphatic rings. The van der Waals surface area contributed by atoms with E-state index in [1.54, 1.807) is 66.2 Å². The number of Topliss-reactive ketones (excluding diaryl/α,β-unsaturated/α-hetero) is 3. The summed E-state index contributed by atoms with van der Waals surface area (Å²) in [6.07, 6.45) is 1.22. The van der Waals surface area contributed by atoms with Gasteiger partial charge in [-0.3, -0.25) is 52.8 Å². The van der Waals surface area contributed by atoms with Gasteiger partial charge in [0.1, 0.15) is 0 Å². The number of likely N-dealkylation sites (tertiary alicyclic amines) is 1. The summed E-state index contributed by atoms with van der Waals surface area (Å²) in [5, 5.41) is 14.8. The first kappa shape index (κ1) is 84.6. The molecule has 1 aliphatic heterocycles. The van der Waals surface area contributed by atoms with Gasteiger partial charge >= 0.3 is 0 Å². The maximum Gasteiger partial charge on any atom is 0.251 e. The number of azide groups is 1. The minimum absolute atomic E-state index is 0.00306. The van der Waals surface area contributed by atoms with Crippen LogP contribution in [-0.2, 0) is 87.8 Å². The minimum atomic E-state index is -1.31. The van der Waals surface area contributed by atoms with Crippen molar-refractivity contribution < 1.29 is 66.9 Å². The molecule has 2 aromatic carbocycles. The van der Waals surface area contributed by atoms with Crippen LogP contribution < -0.4 is 27.0 Å². The van der Waals surface area contributed by atoms with Gasteiger partial charge in [-0.15, -0.1) is 0 Å². The number of nitrogens with one attached hydrogen (secondary N) is 4. The first-order valence-corrected chi connectivity index (χ1v) is 35.3. The van der Waals surface area contributed by atoms with Crippen LogP contribution in [0.15, 0.2) is 47.6 Å². The smallest absolute Gasteiger partial charge is 0.251 e. The zero-order chi connectivity index (χ0) is 74.5. The number of nitrogens with two attached hydrogens (primary N) is 1. The summed E-state index contributed by atoms with van der Waals surface area (Å²) < 4.78 is 23.2. The highest BCUT2D eigenvalue weighted by Gasteiger charge is 2.44. The Labute approximate surface area is 590 Å². The highest BCUT2D eigenvalue weighted by atomic mass is 16.5. The third kappa shape index (κ3) is 25.7. The van der Waals surface area contributed by atoms with Crippen molar-refractivity contribution in [1.29, 1.82) is 0 Å². The number of benzene rings is 2. The lowest BCUT2D eigenvalue weighted by molar-refractivity contribution is -0.149. The number of hydrogen-bond acceptors (Lipinski definition) is 18. The number of primary amides is 1. The van der Waals surface area contributed by atoms with Crippen molar-refractivity contribution >= 4 is 69.7 Å². The normalized spacial score (nSPS) is 16.4. The monoisotopic (exact) mass is 1400 g/mol. The lowest BCUT2D eigenvalue weighted by atomic mass is 9.83. The van der Waals surface area contributed by atoms with Crippen LogP contribution in [0.4, 0.5) is 0 Å². The van der Waals surface area contributed by atoms with E-state index in [2.05, 4.69) is 36.3 Å². The van der Waals surface area contributed by atoms with E-state index in [1.165, 1.54) is 28.1 Å². The van der Waals surface area contributed by atoms with Gasteiger partial charge in [-0.05, 0) is 106 Å². The first-order chi connectivity index (χ1) is 47.4. The molecular formula is C73H113N13O14. The molecule has 0 aliphatic carbocycles. The molecule has 0 bridgehead atoms. The number of ketones is 3. The maximum atomic E-state index is 14.5. The van der Waals surface area contributed by atoms with Gasteiger partial charge in [-0.2, -0.15) is 0 Å². The fourth-order valence-corrected chi connectivity index (χ4v) is 13.2. The molecule has 4 rings (SSSR count). The van der Waals surface area contributed by atoms with Gasteiger partial charge in [0.2, 0.25) is 35.4 Å². The number of fused-ring (bicyclic) bond motifs is 1. The Kier molecular flexibility index (Phi) is 35.9. The van der Waals surface area contributed by atoms with Crippen LogP contribution >= 0.6 is 0 Å². The second kappa shape index (κ2) is 42.4. The molecule has 27 heteroatoms. The minimum Gasteiger partial charge on any atom is -0.379 e. The summed E-state index contributed by atoms with van der Waals surface area (Å²) in [7, 11) is 8.50. The molecule has 6 N–H and O–H groups in total. The van der Waals surface area contributed by atoms with Crippen LogP contribution in [-0.4, -0.2) is 213 Å². The molecule has 554 valence electrons. The summed E-state index contributed by atoms with van der Waals surface area (Å²) in [6.45, 7) is 21.9. The molecule has 3 aromatic rings. The van der Waals surface area contributed by atoms with Crippen molar-refractivity contribution in [2.45, 2.75) is 202 Å². The lowest BCUT2D eigenvalue weighted by Crippen LogP contribution is -2.54. The van der Waals surface area contributed by atoms with Gasteiger partial charge in [0, 0.05) is 94.9 Å². The third-order valence-electron chi connectivity index (χ3n) is 19.0. The molecule has 0 radical (unpaired) electrons. The van der Waals surface area contributed by atoms with Crippen LogP contribution in [0.3, 0.4) is 0 Å². The van der Waals surface area contributed by atoms with E-state index in [9.17, 15) is 53.5 Å². The number of aromatic nitrogens is 2. The molecule has 27 nitrogen and oxygen atoms in total. The Morgan fingerprint density at radius 1 is 0.730 bits per heavy atom. The van der Waals surface area contributed by atoms with Gasteiger partial charge < -0.3 is 55.7 Å². The number of methoxy groups -OCH3 is 2.